The number of aliphatic hydroxyl groups excluding tert-OH is 1. The largest absolute Gasteiger partial charge is 0.511 e. The number of ketones is 1. The van der Waals surface area contributed by atoms with Crippen LogP contribution in [0.4, 0.5) is 0 Å². The van der Waals surface area contributed by atoms with Crippen molar-refractivity contribution in [3.8, 4) is 5.69 Å². The SMILES string of the molecule is CC(=O)/C(Sc1ncnc2c1nnn2-c1ccccc1)=C(\C)O. The molecule has 8 heteroatoms. The standard InChI is InChI=1S/C15H13N5O2S/c1-9(21)13(10(2)22)23-15-12-14(16-8-17-15)20(19-18-12)11-6-4-3-5-7-11/h3-8,21H,1-2H3/b13-9-. The summed E-state index contributed by atoms with van der Waals surface area (Å²) < 4.78 is 1.60. The molecule has 0 saturated carbocycles. The van der Waals surface area contributed by atoms with Gasteiger partial charge in [0.1, 0.15) is 17.1 Å². The molecule has 1 N–H and O–H groups in total. The van der Waals surface area contributed by atoms with Crippen LogP contribution in [0.2, 0.25) is 0 Å². The van der Waals surface area contributed by atoms with Gasteiger partial charge in [-0.2, -0.15) is 4.68 Å². The van der Waals surface area contributed by atoms with Gasteiger partial charge in [-0.1, -0.05) is 35.2 Å². The zero-order chi connectivity index (χ0) is 16.4. The van der Waals surface area contributed by atoms with Gasteiger partial charge in [-0.05, 0) is 26.0 Å². The van der Waals surface area contributed by atoms with E-state index in [-0.39, 0.29) is 16.4 Å². The van der Waals surface area contributed by atoms with E-state index in [1.165, 1.54) is 20.2 Å². The molecular formula is C15H13N5O2S. The summed E-state index contributed by atoms with van der Waals surface area (Å²) in [5, 5.41) is 18.3. The average Bonchev–Trinajstić information content (AvgIpc) is 2.97. The first kappa shape index (κ1) is 15.2. The number of aromatic nitrogens is 5. The van der Waals surface area contributed by atoms with Crippen LogP contribution < -0.4 is 0 Å². The molecular weight excluding hydrogens is 314 g/mol. The molecule has 7 nitrogen and oxygen atoms in total. The highest BCUT2D eigenvalue weighted by Crippen LogP contribution is 2.31. The van der Waals surface area contributed by atoms with Gasteiger partial charge in [0, 0.05) is 0 Å². The maximum absolute atomic E-state index is 11.6. The third-order valence-electron chi connectivity index (χ3n) is 3.05. The highest BCUT2D eigenvalue weighted by Gasteiger charge is 2.17. The van der Waals surface area contributed by atoms with Gasteiger partial charge < -0.3 is 5.11 Å². The lowest BCUT2D eigenvalue weighted by Crippen LogP contribution is -1.99. The number of allylic oxidation sites excluding steroid dienone is 2. The summed E-state index contributed by atoms with van der Waals surface area (Å²) in [5.74, 6) is -0.290. The van der Waals surface area contributed by atoms with E-state index in [0.717, 1.165) is 17.4 Å². The second-order valence-corrected chi connectivity index (χ2v) is 5.76. The molecule has 0 fully saturated rings. The first-order chi connectivity index (χ1) is 11.1. The van der Waals surface area contributed by atoms with Gasteiger partial charge in [-0.15, -0.1) is 5.10 Å². The number of para-hydroxylation sites is 1. The Morgan fingerprint density at radius 3 is 2.57 bits per heavy atom. The molecule has 0 aliphatic carbocycles. The Morgan fingerprint density at radius 2 is 1.91 bits per heavy atom. The predicted molar refractivity (Wildman–Crippen MR) is 86.3 cm³/mol. The molecule has 0 atom stereocenters. The van der Waals surface area contributed by atoms with Gasteiger partial charge in [-0.25, -0.2) is 9.97 Å². The number of aliphatic hydroxyl groups is 1. The number of thioether (sulfide) groups is 1. The molecule has 116 valence electrons. The Labute approximate surface area is 136 Å². The number of hydrogen-bond acceptors (Lipinski definition) is 7. The summed E-state index contributed by atoms with van der Waals surface area (Å²) >= 11 is 1.06. The summed E-state index contributed by atoms with van der Waals surface area (Å²) in [7, 11) is 0. The van der Waals surface area contributed by atoms with Crippen LogP contribution >= 0.6 is 11.8 Å². The fourth-order valence-electron chi connectivity index (χ4n) is 2.04. The average molecular weight is 327 g/mol. The lowest BCUT2D eigenvalue weighted by Gasteiger charge is -2.04. The van der Waals surface area contributed by atoms with Crippen LogP contribution in [0, 0.1) is 0 Å². The van der Waals surface area contributed by atoms with Crippen LogP contribution in [-0.4, -0.2) is 35.9 Å². The summed E-state index contributed by atoms with van der Waals surface area (Å²) in [5.41, 5.74) is 1.83. The van der Waals surface area contributed by atoms with E-state index < -0.39 is 0 Å². The second-order valence-electron chi connectivity index (χ2n) is 4.76. The zero-order valence-electron chi connectivity index (χ0n) is 12.5. The Kier molecular flexibility index (Phi) is 4.07. The van der Waals surface area contributed by atoms with Gasteiger partial charge in [0.05, 0.1) is 10.6 Å². The van der Waals surface area contributed by atoms with E-state index in [4.69, 9.17) is 0 Å². The summed E-state index contributed by atoms with van der Waals surface area (Å²) in [4.78, 5) is 20.2. The van der Waals surface area contributed by atoms with Gasteiger partial charge in [0.2, 0.25) is 0 Å². The van der Waals surface area contributed by atoms with E-state index >= 15 is 0 Å². The molecule has 0 aliphatic heterocycles. The van der Waals surface area contributed by atoms with Gasteiger partial charge in [0.15, 0.2) is 16.9 Å². The predicted octanol–water partition coefficient (Wildman–Crippen LogP) is 2.68. The van der Waals surface area contributed by atoms with Crippen LogP contribution in [0.5, 0.6) is 0 Å². The lowest BCUT2D eigenvalue weighted by atomic mass is 10.3. The maximum Gasteiger partial charge on any atom is 0.187 e. The van der Waals surface area contributed by atoms with Crippen molar-refractivity contribution in [2.75, 3.05) is 0 Å². The number of carbonyl (C=O) groups excluding carboxylic acids is 1. The van der Waals surface area contributed by atoms with Crippen LogP contribution in [0.25, 0.3) is 16.9 Å². The van der Waals surface area contributed by atoms with Gasteiger partial charge in [-0.3, -0.25) is 4.79 Å². The first-order valence-electron chi connectivity index (χ1n) is 6.78. The number of carbonyl (C=O) groups is 1. The molecule has 0 unspecified atom stereocenters. The van der Waals surface area contributed by atoms with Crippen LogP contribution in [0.15, 0.2) is 52.3 Å². The highest BCUT2D eigenvalue weighted by atomic mass is 32.2. The van der Waals surface area contributed by atoms with E-state index in [0.29, 0.717) is 16.2 Å². The number of nitrogens with zero attached hydrogens (tertiary/aromatic N) is 5. The van der Waals surface area contributed by atoms with E-state index in [9.17, 15) is 9.90 Å². The monoisotopic (exact) mass is 327 g/mol. The van der Waals surface area contributed by atoms with Crippen LogP contribution in [0.3, 0.4) is 0 Å². The van der Waals surface area contributed by atoms with E-state index in [1.54, 1.807) is 4.68 Å². The summed E-state index contributed by atoms with van der Waals surface area (Å²) in [6.45, 7) is 2.85. The van der Waals surface area contributed by atoms with Crippen molar-refractivity contribution in [1.29, 1.82) is 0 Å². The van der Waals surface area contributed by atoms with Gasteiger partial charge >= 0.3 is 0 Å². The third kappa shape index (κ3) is 2.93. The Bertz CT molecular complexity index is 901. The summed E-state index contributed by atoms with van der Waals surface area (Å²) in [6.07, 6.45) is 1.39. The van der Waals surface area contributed by atoms with Crippen molar-refractivity contribution in [2.45, 2.75) is 18.9 Å². The highest BCUT2D eigenvalue weighted by molar-refractivity contribution is 8.04. The van der Waals surface area contributed by atoms with E-state index in [1.807, 2.05) is 30.3 Å². The number of rotatable bonds is 4. The third-order valence-corrected chi connectivity index (χ3v) is 4.33. The molecule has 23 heavy (non-hydrogen) atoms. The molecule has 3 aromatic rings. The fraction of sp³-hybridized carbons (Fsp3) is 0.133. The molecule has 2 aromatic heterocycles. The molecule has 3 rings (SSSR count). The number of Topliss-reactive ketones (excluding diaryl/α,β-unsaturated/α-hetero) is 1. The van der Waals surface area contributed by atoms with Crippen molar-refractivity contribution in [2.24, 2.45) is 0 Å². The Balaban J connectivity index is 2.10. The second kappa shape index (κ2) is 6.17. The van der Waals surface area contributed by atoms with E-state index in [2.05, 4.69) is 20.3 Å². The molecule has 0 amide bonds. The number of hydrogen-bond donors (Lipinski definition) is 1. The fourth-order valence-corrected chi connectivity index (χ4v) is 2.86. The number of benzene rings is 1. The number of fused-ring (bicyclic) bond motifs is 1. The lowest BCUT2D eigenvalue weighted by molar-refractivity contribution is -0.113. The molecule has 0 saturated heterocycles. The minimum atomic E-state index is -0.239. The normalized spacial score (nSPS) is 12.3. The Morgan fingerprint density at radius 1 is 1.17 bits per heavy atom. The van der Waals surface area contributed by atoms with Crippen molar-refractivity contribution in [1.82, 2.24) is 25.0 Å². The van der Waals surface area contributed by atoms with Crippen molar-refractivity contribution >= 4 is 28.7 Å². The van der Waals surface area contributed by atoms with Crippen molar-refractivity contribution in [3.63, 3.8) is 0 Å². The van der Waals surface area contributed by atoms with Crippen LogP contribution in [-0.2, 0) is 4.79 Å². The Hall–Kier alpha value is -2.74. The van der Waals surface area contributed by atoms with Crippen molar-refractivity contribution in [3.05, 3.63) is 47.3 Å². The molecule has 0 spiro atoms. The summed E-state index contributed by atoms with van der Waals surface area (Å²) in [6, 6.07) is 9.48. The molecule has 1 aromatic carbocycles. The zero-order valence-corrected chi connectivity index (χ0v) is 13.3. The van der Waals surface area contributed by atoms with Crippen LogP contribution in [0.1, 0.15) is 13.8 Å². The molecule has 2 heterocycles. The molecule has 0 radical (unpaired) electrons. The topological polar surface area (TPSA) is 93.8 Å². The quantitative estimate of drug-likeness (QED) is 0.341. The van der Waals surface area contributed by atoms with Crippen molar-refractivity contribution < 1.29 is 9.90 Å². The van der Waals surface area contributed by atoms with Gasteiger partial charge in [0.25, 0.3) is 0 Å². The first-order valence-corrected chi connectivity index (χ1v) is 7.60. The minimum absolute atomic E-state index is 0.0512. The molecule has 0 bridgehead atoms. The minimum Gasteiger partial charge on any atom is -0.511 e. The smallest absolute Gasteiger partial charge is 0.187 e. The molecule has 0 aliphatic rings. The maximum atomic E-state index is 11.6.